The lowest BCUT2D eigenvalue weighted by molar-refractivity contribution is -0.275. The molecule has 1 N–H and O–H groups in total. The first kappa shape index (κ1) is 14.0. The van der Waals surface area contributed by atoms with Gasteiger partial charge in [-0.15, -0.1) is 13.2 Å². The first-order chi connectivity index (χ1) is 8.26. The second kappa shape index (κ2) is 5.03. The van der Waals surface area contributed by atoms with Crippen LogP contribution in [0.25, 0.3) is 0 Å². The number of aromatic nitrogens is 1. The number of pyridine rings is 1. The second-order valence-corrected chi connectivity index (χ2v) is 3.01. The highest BCUT2D eigenvalue weighted by atomic mass is 19.4. The molecule has 0 radical (unpaired) electrons. The Labute approximate surface area is 97.2 Å². The van der Waals surface area contributed by atoms with Crippen molar-refractivity contribution < 1.29 is 31.8 Å². The van der Waals surface area contributed by atoms with Gasteiger partial charge in [-0.2, -0.15) is 5.26 Å². The van der Waals surface area contributed by atoms with Crippen molar-refractivity contribution in [2.75, 3.05) is 0 Å². The molecule has 4 nitrogen and oxygen atoms in total. The van der Waals surface area contributed by atoms with Crippen molar-refractivity contribution >= 4 is 0 Å². The van der Waals surface area contributed by atoms with Crippen LogP contribution in [0.15, 0.2) is 6.20 Å². The van der Waals surface area contributed by atoms with Crippen LogP contribution >= 0.6 is 0 Å². The van der Waals surface area contributed by atoms with E-state index in [2.05, 4.69) is 9.72 Å². The van der Waals surface area contributed by atoms with E-state index in [1.807, 2.05) is 0 Å². The van der Waals surface area contributed by atoms with Crippen molar-refractivity contribution in [3.63, 3.8) is 0 Å². The average molecular weight is 268 g/mol. The summed E-state index contributed by atoms with van der Waals surface area (Å²) in [7, 11) is 0. The van der Waals surface area contributed by atoms with Gasteiger partial charge in [0.1, 0.15) is 5.56 Å². The standard InChI is InChI=1S/C9H5F5N2O2/c10-8(11)6-5(18-9(12,13)14)3-16-4(1-2-15)7(6)17/h3,8,17H,1H2. The van der Waals surface area contributed by atoms with Crippen molar-refractivity contribution in [3.8, 4) is 17.6 Å². The summed E-state index contributed by atoms with van der Waals surface area (Å²) in [6.07, 6.45) is -8.71. The van der Waals surface area contributed by atoms with Gasteiger partial charge in [-0.1, -0.05) is 0 Å². The van der Waals surface area contributed by atoms with Gasteiger partial charge >= 0.3 is 6.36 Å². The van der Waals surface area contributed by atoms with E-state index in [0.29, 0.717) is 6.20 Å². The fourth-order valence-corrected chi connectivity index (χ4v) is 1.16. The molecule has 0 atom stereocenters. The molecule has 18 heavy (non-hydrogen) atoms. The number of hydrogen-bond donors (Lipinski definition) is 1. The van der Waals surface area contributed by atoms with E-state index in [9.17, 15) is 27.1 Å². The van der Waals surface area contributed by atoms with Gasteiger partial charge in [0.15, 0.2) is 11.5 Å². The van der Waals surface area contributed by atoms with E-state index in [1.54, 1.807) is 0 Å². The maximum Gasteiger partial charge on any atom is 0.573 e. The number of aromatic hydroxyl groups is 1. The minimum Gasteiger partial charge on any atom is -0.505 e. The summed E-state index contributed by atoms with van der Waals surface area (Å²) >= 11 is 0. The van der Waals surface area contributed by atoms with Crippen LogP contribution in [0.4, 0.5) is 22.0 Å². The monoisotopic (exact) mass is 268 g/mol. The van der Waals surface area contributed by atoms with Crippen LogP contribution in [0.2, 0.25) is 0 Å². The topological polar surface area (TPSA) is 66.1 Å². The molecule has 1 heterocycles. The molecule has 0 bridgehead atoms. The molecular formula is C9H5F5N2O2. The largest absolute Gasteiger partial charge is 0.573 e. The summed E-state index contributed by atoms with van der Waals surface area (Å²) in [5, 5.41) is 17.7. The molecule has 0 amide bonds. The molecule has 0 aliphatic heterocycles. The Bertz CT molecular complexity index is 481. The van der Waals surface area contributed by atoms with Gasteiger partial charge in [0, 0.05) is 0 Å². The molecule has 0 saturated heterocycles. The third-order valence-electron chi connectivity index (χ3n) is 1.82. The summed E-state index contributed by atoms with van der Waals surface area (Å²) in [5.41, 5.74) is -1.78. The van der Waals surface area contributed by atoms with Crippen molar-refractivity contribution in [2.45, 2.75) is 19.2 Å². The van der Waals surface area contributed by atoms with E-state index in [0.717, 1.165) is 0 Å². The van der Waals surface area contributed by atoms with Gasteiger partial charge in [-0.3, -0.25) is 4.98 Å². The second-order valence-electron chi connectivity index (χ2n) is 3.01. The van der Waals surface area contributed by atoms with Crippen LogP contribution in [-0.4, -0.2) is 16.5 Å². The highest BCUT2D eigenvalue weighted by molar-refractivity contribution is 5.46. The molecular weight excluding hydrogens is 263 g/mol. The Balaban J connectivity index is 3.29. The van der Waals surface area contributed by atoms with Gasteiger partial charge in [0.2, 0.25) is 0 Å². The van der Waals surface area contributed by atoms with Gasteiger partial charge in [-0.25, -0.2) is 8.78 Å². The highest BCUT2D eigenvalue weighted by Gasteiger charge is 2.35. The SMILES string of the molecule is N#CCc1ncc(OC(F)(F)F)c(C(F)F)c1O. The smallest absolute Gasteiger partial charge is 0.505 e. The van der Waals surface area contributed by atoms with Gasteiger partial charge in [0.05, 0.1) is 24.4 Å². The molecule has 0 aliphatic rings. The molecule has 0 unspecified atom stereocenters. The zero-order chi connectivity index (χ0) is 13.9. The van der Waals surface area contributed by atoms with E-state index >= 15 is 0 Å². The molecule has 1 aromatic heterocycles. The molecule has 1 rings (SSSR count). The number of ether oxygens (including phenoxy) is 1. The molecule has 9 heteroatoms. The fraction of sp³-hybridized carbons (Fsp3) is 0.333. The average Bonchev–Trinajstić information content (AvgIpc) is 2.19. The molecule has 1 aromatic rings. The summed E-state index contributed by atoms with van der Waals surface area (Å²) in [6, 6.07) is 1.53. The zero-order valence-corrected chi connectivity index (χ0v) is 8.50. The third kappa shape index (κ3) is 3.19. The summed E-state index contributed by atoms with van der Waals surface area (Å²) in [6.45, 7) is 0. The number of halogens is 5. The molecule has 0 spiro atoms. The Hall–Kier alpha value is -2.11. The minimum atomic E-state index is -5.19. The third-order valence-corrected chi connectivity index (χ3v) is 1.82. The quantitative estimate of drug-likeness (QED) is 0.856. The lowest BCUT2D eigenvalue weighted by Gasteiger charge is -2.14. The van der Waals surface area contributed by atoms with Crippen molar-refractivity contribution in [2.24, 2.45) is 0 Å². The predicted octanol–water partition coefficient (Wildman–Crippen LogP) is 2.69. The first-order valence-electron chi connectivity index (χ1n) is 4.38. The van der Waals surface area contributed by atoms with Crippen LogP contribution in [0.1, 0.15) is 17.7 Å². The Morgan fingerprint density at radius 3 is 2.50 bits per heavy atom. The maximum absolute atomic E-state index is 12.6. The highest BCUT2D eigenvalue weighted by Crippen LogP contribution is 2.39. The van der Waals surface area contributed by atoms with Crippen molar-refractivity contribution in [1.82, 2.24) is 4.98 Å². The zero-order valence-electron chi connectivity index (χ0n) is 8.50. The molecule has 0 saturated carbocycles. The summed E-state index contributed by atoms with van der Waals surface area (Å²) in [4.78, 5) is 3.26. The molecule has 0 aliphatic carbocycles. The number of nitrogens with zero attached hydrogens (tertiary/aromatic N) is 2. The summed E-state index contributed by atoms with van der Waals surface area (Å²) in [5.74, 6) is -2.47. The maximum atomic E-state index is 12.6. The normalized spacial score (nSPS) is 11.4. The van der Waals surface area contributed by atoms with E-state index in [-0.39, 0.29) is 0 Å². The summed E-state index contributed by atoms with van der Waals surface area (Å²) < 4.78 is 64.3. The Morgan fingerprint density at radius 2 is 2.06 bits per heavy atom. The van der Waals surface area contributed by atoms with Crippen LogP contribution < -0.4 is 4.74 Å². The number of rotatable bonds is 3. The van der Waals surface area contributed by atoms with Gasteiger partial charge in [-0.05, 0) is 0 Å². The van der Waals surface area contributed by atoms with E-state index in [1.165, 1.54) is 6.07 Å². The number of nitriles is 1. The molecule has 0 aromatic carbocycles. The van der Waals surface area contributed by atoms with E-state index < -0.39 is 42.0 Å². The van der Waals surface area contributed by atoms with Gasteiger partial charge < -0.3 is 9.84 Å². The molecule has 0 fully saturated rings. The van der Waals surface area contributed by atoms with Crippen LogP contribution in [0.3, 0.4) is 0 Å². The van der Waals surface area contributed by atoms with Gasteiger partial charge in [0.25, 0.3) is 6.43 Å². The fourth-order valence-electron chi connectivity index (χ4n) is 1.16. The van der Waals surface area contributed by atoms with Crippen molar-refractivity contribution in [1.29, 1.82) is 5.26 Å². The number of alkyl halides is 5. The lowest BCUT2D eigenvalue weighted by atomic mass is 10.1. The van der Waals surface area contributed by atoms with Crippen molar-refractivity contribution in [3.05, 3.63) is 17.5 Å². The number of hydrogen-bond acceptors (Lipinski definition) is 4. The van der Waals surface area contributed by atoms with Crippen LogP contribution in [-0.2, 0) is 6.42 Å². The first-order valence-corrected chi connectivity index (χ1v) is 4.38. The van der Waals surface area contributed by atoms with Crippen LogP contribution in [0.5, 0.6) is 11.5 Å². The minimum absolute atomic E-state index is 0.390. The Morgan fingerprint density at radius 1 is 1.44 bits per heavy atom. The van der Waals surface area contributed by atoms with Crippen LogP contribution in [0, 0.1) is 11.3 Å². The Kier molecular flexibility index (Phi) is 3.90. The lowest BCUT2D eigenvalue weighted by Crippen LogP contribution is -2.18. The predicted molar refractivity (Wildman–Crippen MR) is 46.9 cm³/mol. The molecule has 98 valence electrons. The van der Waals surface area contributed by atoms with E-state index in [4.69, 9.17) is 5.26 Å².